The van der Waals surface area contributed by atoms with E-state index >= 15 is 0 Å². The summed E-state index contributed by atoms with van der Waals surface area (Å²) in [5.74, 6) is -0.262. The zero-order chi connectivity index (χ0) is 14.0. The monoisotopic (exact) mass is 325 g/mol. The van der Waals surface area contributed by atoms with Crippen LogP contribution in [0.5, 0.6) is 0 Å². The highest BCUT2D eigenvalue weighted by Crippen LogP contribution is 2.30. The summed E-state index contributed by atoms with van der Waals surface area (Å²) in [6.07, 6.45) is 1.86. The van der Waals surface area contributed by atoms with Crippen LogP contribution in [-0.4, -0.2) is 18.5 Å². The molecule has 1 aromatic rings. The van der Waals surface area contributed by atoms with Crippen LogP contribution in [0.2, 0.25) is 0 Å². The standard InChI is InChI=1S/C14H20BrN3O/c1-9-2-3-11(14(17)19)8-18(9)13-5-10(7-16)4-12(15)6-13/h4-6,9,11H,2-3,7-8,16H2,1H3,(H2,17,19). The van der Waals surface area contributed by atoms with Crippen LogP contribution in [0.3, 0.4) is 0 Å². The number of amides is 1. The van der Waals surface area contributed by atoms with Gasteiger partial charge in [0.1, 0.15) is 0 Å². The molecule has 2 atom stereocenters. The second-order valence-corrected chi connectivity index (χ2v) is 6.12. The van der Waals surface area contributed by atoms with Crippen molar-refractivity contribution in [1.82, 2.24) is 0 Å². The molecule has 0 aromatic heterocycles. The number of carbonyl (C=O) groups excluding carboxylic acids is 1. The van der Waals surface area contributed by atoms with Gasteiger partial charge in [0.05, 0.1) is 5.92 Å². The molecule has 0 radical (unpaired) electrons. The molecule has 1 aliphatic heterocycles. The maximum Gasteiger partial charge on any atom is 0.222 e. The lowest BCUT2D eigenvalue weighted by molar-refractivity contribution is -0.122. The molecule has 1 aliphatic rings. The first-order valence-corrected chi connectivity index (χ1v) is 7.36. The summed E-state index contributed by atoms with van der Waals surface area (Å²) in [7, 11) is 0. The third-order valence-electron chi connectivity index (χ3n) is 3.79. The summed E-state index contributed by atoms with van der Waals surface area (Å²) in [6, 6.07) is 6.59. The number of hydrogen-bond donors (Lipinski definition) is 2. The van der Waals surface area contributed by atoms with Gasteiger partial charge in [-0.2, -0.15) is 0 Å². The Hall–Kier alpha value is -1.07. The predicted molar refractivity (Wildman–Crippen MR) is 80.8 cm³/mol. The molecule has 1 heterocycles. The van der Waals surface area contributed by atoms with Gasteiger partial charge in [0.25, 0.3) is 0 Å². The Balaban J connectivity index is 2.27. The van der Waals surface area contributed by atoms with Crippen LogP contribution < -0.4 is 16.4 Å². The highest BCUT2D eigenvalue weighted by molar-refractivity contribution is 9.10. The molecule has 0 bridgehead atoms. The molecule has 1 amide bonds. The van der Waals surface area contributed by atoms with E-state index in [9.17, 15) is 4.79 Å². The molecule has 4 nitrogen and oxygen atoms in total. The van der Waals surface area contributed by atoms with E-state index in [0.29, 0.717) is 19.1 Å². The van der Waals surface area contributed by atoms with Crippen molar-refractivity contribution in [3.8, 4) is 0 Å². The average Bonchev–Trinajstić information content (AvgIpc) is 2.38. The van der Waals surface area contributed by atoms with Crippen LogP contribution in [-0.2, 0) is 11.3 Å². The summed E-state index contributed by atoms with van der Waals surface area (Å²) in [5.41, 5.74) is 13.3. The summed E-state index contributed by atoms with van der Waals surface area (Å²) < 4.78 is 1.01. The van der Waals surface area contributed by atoms with Gasteiger partial charge in [-0.3, -0.25) is 4.79 Å². The fraction of sp³-hybridized carbons (Fsp3) is 0.500. The van der Waals surface area contributed by atoms with Gasteiger partial charge in [0.15, 0.2) is 0 Å². The first kappa shape index (κ1) is 14.3. The van der Waals surface area contributed by atoms with Crippen molar-refractivity contribution in [1.29, 1.82) is 0 Å². The molecule has 0 aliphatic carbocycles. The van der Waals surface area contributed by atoms with Crippen molar-refractivity contribution < 1.29 is 4.79 Å². The minimum Gasteiger partial charge on any atom is -0.369 e. The number of benzene rings is 1. The molecule has 1 fully saturated rings. The van der Waals surface area contributed by atoms with E-state index in [1.165, 1.54) is 0 Å². The van der Waals surface area contributed by atoms with Crippen molar-refractivity contribution in [2.24, 2.45) is 17.4 Å². The zero-order valence-electron chi connectivity index (χ0n) is 11.1. The number of hydrogen-bond acceptors (Lipinski definition) is 3. The van der Waals surface area contributed by atoms with Crippen molar-refractivity contribution in [3.05, 3.63) is 28.2 Å². The van der Waals surface area contributed by atoms with Crippen molar-refractivity contribution in [2.45, 2.75) is 32.4 Å². The largest absolute Gasteiger partial charge is 0.369 e. The minimum atomic E-state index is -0.203. The van der Waals surface area contributed by atoms with E-state index in [1.807, 2.05) is 6.07 Å². The van der Waals surface area contributed by atoms with E-state index < -0.39 is 0 Å². The lowest BCUT2D eigenvalue weighted by atomic mass is 9.92. The molecule has 19 heavy (non-hydrogen) atoms. The Morgan fingerprint density at radius 2 is 2.16 bits per heavy atom. The van der Waals surface area contributed by atoms with Crippen LogP contribution >= 0.6 is 15.9 Å². The van der Waals surface area contributed by atoms with Gasteiger partial charge in [-0.15, -0.1) is 0 Å². The van der Waals surface area contributed by atoms with E-state index in [1.54, 1.807) is 0 Å². The van der Waals surface area contributed by atoms with E-state index in [2.05, 4.69) is 39.9 Å². The van der Waals surface area contributed by atoms with Crippen molar-refractivity contribution in [2.75, 3.05) is 11.4 Å². The quantitative estimate of drug-likeness (QED) is 0.892. The SMILES string of the molecule is CC1CCC(C(N)=O)CN1c1cc(Br)cc(CN)c1. The Labute approximate surface area is 122 Å². The normalized spacial score (nSPS) is 23.4. The van der Waals surface area contributed by atoms with Gasteiger partial charge >= 0.3 is 0 Å². The smallest absolute Gasteiger partial charge is 0.222 e. The summed E-state index contributed by atoms with van der Waals surface area (Å²) in [6.45, 7) is 3.38. The molecule has 0 saturated carbocycles. The van der Waals surface area contributed by atoms with Gasteiger partial charge < -0.3 is 16.4 Å². The third kappa shape index (κ3) is 3.28. The Kier molecular flexibility index (Phi) is 4.47. The Morgan fingerprint density at radius 3 is 2.79 bits per heavy atom. The summed E-state index contributed by atoms with van der Waals surface area (Å²) >= 11 is 3.51. The first-order valence-electron chi connectivity index (χ1n) is 6.56. The molecular weight excluding hydrogens is 306 g/mol. The number of primary amides is 1. The molecule has 2 unspecified atom stereocenters. The maximum absolute atomic E-state index is 11.4. The Bertz CT molecular complexity index is 478. The molecule has 0 spiro atoms. The number of nitrogens with two attached hydrogens (primary N) is 2. The van der Waals surface area contributed by atoms with Crippen LogP contribution in [0.25, 0.3) is 0 Å². The first-order chi connectivity index (χ1) is 9.01. The molecular formula is C14H20BrN3O. The highest BCUT2D eigenvalue weighted by Gasteiger charge is 2.28. The molecule has 1 saturated heterocycles. The summed E-state index contributed by atoms with van der Waals surface area (Å²) in [5, 5.41) is 0. The third-order valence-corrected chi connectivity index (χ3v) is 4.25. The van der Waals surface area contributed by atoms with Crippen LogP contribution in [0.4, 0.5) is 5.69 Å². The topological polar surface area (TPSA) is 72.4 Å². The number of carbonyl (C=O) groups is 1. The number of rotatable bonds is 3. The van der Waals surface area contributed by atoms with Crippen molar-refractivity contribution >= 4 is 27.5 Å². The number of piperidine rings is 1. The zero-order valence-corrected chi connectivity index (χ0v) is 12.7. The van der Waals surface area contributed by atoms with Crippen LogP contribution in [0, 0.1) is 5.92 Å². The molecule has 1 aromatic carbocycles. The molecule has 104 valence electrons. The van der Waals surface area contributed by atoms with Crippen LogP contribution in [0.15, 0.2) is 22.7 Å². The number of anilines is 1. The lowest BCUT2D eigenvalue weighted by Crippen LogP contribution is -2.46. The summed E-state index contributed by atoms with van der Waals surface area (Å²) in [4.78, 5) is 13.6. The number of nitrogens with zero attached hydrogens (tertiary/aromatic N) is 1. The van der Waals surface area contributed by atoms with Crippen LogP contribution in [0.1, 0.15) is 25.3 Å². The van der Waals surface area contributed by atoms with Gasteiger partial charge in [0.2, 0.25) is 5.91 Å². The second-order valence-electron chi connectivity index (χ2n) is 5.20. The minimum absolute atomic E-state index is 0.0588. The fourth-order valence-electron chi connectivity index (χ4n) is 2.62. The molecule has 4 N–H and O–H groups in total. The van der Waals surface area contributed by atoms with Gasteiger partial charge in [-0.25, -0.2) is 0 Å². The molecule has 2 rings (SSSR count). The predicted octanol–water partition coefficient (Wildman–Crippen LogP) is 2.00. The van der Waals surface area contributed by atoms with E-state index in [4.69, 9.17) is 11.5 Å². The maximum atomic E-state index is 11.4. The fourth-order valence-corrected chi connectivity index (χ4v) is 3.14. The van der Waals surface area contributed by atoms with E-state index in [0.717, 1.165) is 28.6 Å². The van der Waals surface area contributed by atoms with Gasteiger partial charge in [0, 0.05) is 29.3 Å². The van der Waals surface area contributed by atoms with Crippen molar-refractivity contribution in [3.63, 3.8) is 0 Å². The average molecular weight is 326 g/mol. The second kappa shape index (κ2) is 5.92. The number of halogens is 1. The van der Waals surface area contributed by atoms with Gasteiger partial charge in [-0.05, 0) is 43.5 Å². The van der Waals surface area contributed by atoms with Gasteiger partial charge in [-0.1, -0.05) is 15.9 Å². The molecule has 5 heteroatoms. The van der Waals surface area contributed by atoms with E-state index in [-0.39, 0.29) is 11.8 Å². The Morgan fingerprint density at radius 1 is 1.42 bits per heavy atom. The lowest BCUT2D eigenvalue weighted by Gasteiger charge is -2.39. The highest BCUT2D eigenvalue weighted by atomic mass is 79.9.